The Hall–Kier alpha value is -1.26. The molecule has 1 aliphatic carbocycles. The number of benzene rings is 1. The molecule has 1 aromatic carbocycles. The Bertz CT molecular complexity index is 335. The maximum absolute atomic E-state index is 5.76. The van der Waals surface area contributed by atoms with E-state index in [1.807, 2.05) is 6.07 Å². The molecule has 0 radical (unpaired) electrons. The van der Waals surface area contributed by atoms with Gasteiger partial charge in [-0.15, -0.1) is 6.42 Å². The van der Waals surface area contributed by atoms with Crippen LogP contribution in [0.1, 0.15) is 17.0 Å². The van der Waals surface area contributed by atoms with Crippen LogP contribution in [0.15, 0.2) is 24.3 Å². The van der Waals surface area contributed by atoms with Gasteiger partial charge in [-0.25, -0.2) is 0 Å². The van der Waals surface area contributed by atoms with Crippen molar-refractivity contribution in [2.75, 3.05) is 0 Å². The molecule has 1 aliphatic rings. The Morgan fingerprint density at radius 3 is 2.92 bits per heavy atom. The average Bonchev–Trinajstić information content (AvgIpc) is 2.07. The van der Waals surface area contributed by atoms with E-state index < -0.39 is 0 Å². The maximum Gasteiger partial charge on any atom is 0.0734 e. The molecule has 0 bridgehead atoms. The second-order valence-corrected chi connectivity index (χ2v) is 3.20. The molecular weight excluding hydrogens is 146 g/mol. The lowest BCUT2D eigenvalue weighted by Crippen LogP contribution is -2.34. The Labute approximate surface area is 72.6 Å². The summed E-state index contributed by atoms with van der Waals surface area (Å²) in [5.74, 6) is 2.98. The van der Waals surface area contributed by atoms with E-state index >= 15 is 0 Å². The van der Waals surface area contributed by atoms with Crippen LogP contribution in [0.25, 0.3) is 0 Å². The van der Waals surface area contributed by atoms with E-state index in [4.69, 9.17) is 12.2 Å². The highest BCUT2D eigenvalue weighted by molar-refractivity contribution is 5.42. The van der Waals surface area contributed by atoms with Crippen LogP contribution in [0.5, 0.6) is 0 Å². The van der Waals surface area contributed by atoms with Crippen molar-refractivity contribution in [3.8, 4) is 12.3 Å². The minimum absolute atomic E-state index is 0.111. The topological polar surface area (TPSA) is 26.0 Å². The molecule has 1 heteroatoms. The van der Waals surface area contributed by atoms with Gasteiger partial charge in [0.15, 0.2) is 0 Å². The lowest BCUT2D eigenvalue weighted by atomic mass is 9.74. The fourth-order valence-corrected chi connectivity index (χ4v) is 1.73. The molecule has 60 valence electrons. The SMILES string of the molecule is C#CC(N)C1Cc2ccccc21. The molecule has 0 spiro atoms. The highest BCUT2D eigenvalue weighted by atomic mass is 14.6. The van der Waals surface area contributed by atoms with Gasteiger partial charge in [0.25, 0.3) is 0 Å². The molecule has 12 heavy (non-hydrogen) atoms. The Morgan fingerprint density at radius 2 is 2.25 bits per heavy atom. The van der Waals surface area contributed by atoms with Crippen LogP contribution in [0, 0.1) is 12.3 Å². The molecule has 0 saturated heterocycles. The van der Waals surface area contributed by atoms with Crippen LogP contribution in [0.2, 0.25) is 0 Å². The first-order valence-electron chi connectivity index (χ1n) is 4.12. The van der Waals surface area contributed by atoms with Crippen molar-refractivity contribution in [1.82, 2.24) is 0 Å². The summed E-state index contributed by atoms with van der Waals surface area (Å²) in [7, 11) is 0. The molecule has 0 saturated carbocycles. The minimum Gasteiger partial charge on any atom is -0.317 e. The summed E-state index contributed by atoms with van der Waals surface area (Å²) in [5, 5.41) is 0. The van der Waals surface area contributed by atoms with Gasteiger partial charge in [0.2, 0.25) is 0 Å². The van der Waals surface area contributed by atoms with E-state index in [2.05, 4.69) is 24.1 Å². The van der Waals surface area contributed by atoms with E-state index in [-0.39, 0.29) is 6.04 Å². The van der Waals surface area contributed by atoms with Gasteiger partial charge in [0.1, 0.15) is 0 Å². The van der Waals surface area contributed by atoms with Crippen LogP contribution in [-0.4, -0.2) is 6.04 Å². The van der Waals surface area contributed by atoms with Crippen LogP contribution >= 0.6 is 0 Å². The van der Waals surface area contributed by atoms with Crippen molar-refractivity contribution in [2.24, 2.45) is 5.73 Å². The molecule has 1 nitrogen and oxygen atoms in total. The molecule has 2 rings (SSSR count). The summed E-state index contributed by atoms with van der Waals surface area (Å²) >= 11 is 0. The third kappa shape index (κ3) is 0.929. The summed E-state index contributed by atoms with van der Waals surface area (Å²) < 4.78 is 0. The highest BCUT2D eigenvalue weighted by Crippen LogP contribution is 2.36. The zero-order valence-electron chi connectivity index (χ0n) is 6.83. The summed E-state index contributed by atoms with van der Waals surface area (Å²) in [6, 6.07) is 8.22. The van der Waals surface area contributed by atoms with Gasteiger partial charge in [-0.3, -0.25) is 0 Å². The molecule has 0 aromatic heterocycles. The van der Waals surface area contributed by atoms with E-state index in [0.29, 0.717) is 5.92 Å². The van der Waals surface area contributed by atoms with Crippen molar-refractivity contribution in [3.63, 3.8) is 0 Å². The molecular formula is C11H11N. The van der Waals surface area contributed by atoms with Gasteiger partial charge in [-0.1, -0.05) is 30.2 Å². The maximum atomic E-state index is 5.76. The fraction of sp³-hybridized carbons (Fsp3) is 0.273. The second-order valence-electron chi connectivity index (χ2n) is 3.20. The van der Waals surface area contributed by atoms with E-state index in [9.17, 15) is 0 Å². The number of nitrogens with two attached hydrogens (primary N) is 1. The van der Waals surface area contributed by atoms with Crippen molar-refractivity contribution < 1.29 is 0 Å². The molecule has 0 aliphatic heterocycles. The first kappa shape index (κ1) is 7.39. The Balaban J connectivity index is 2.27. The standard InChI is InChI=1S/C11H11N/c1-2-11(12)10-7-8-5-3-4-6-9(8)10/h1,3-6,10-11H,7,12H2. The predicted octanol–water partition coefficient (Wildman–Crippen LogP) is 1.29. The number of rotatable bonds is 1. The number of hydrogen-bond donors (Lipinski definition) is 1. The molecule has 2 atom stereocenters. The van der Waals surface area contributed by atoms with Crippen molar-refractivity contribution in [2.45, 2.75) is 18.4 Å². The molecule has 2 unspecified atom stereocenters. The van der Waals surface area contributed by atoms with Gasteiger partial charge in [-0.05, 0) is 17.5 Å². The smallest absolute Gasteiger partial charge is 0.0734 e. The first-order valence-corrected chi connectivity index (χ1v) is 4.12. The second kappa shape index (κ2) is 2.66. The summed E-state index contributed by atoms with van der Waals surface area (Å²) in [5.41, 5.74) is 8.49. The third-order valence-electron chi connectivity index (χ3n) is 2.52. The predicted molar refractivity (Wildman–Crippen MR) is 49.7 cm³/mol. The van der Waals surface area contributed by atoms with Crippen LogP contribution < -0.4 is 5.73 Å². The molecule has 0 fully saturated rings. The van der Waals surface area contributed by atoms with Gasteiger partial charge < -0.3 is 5.73 Å². The number of hydrogen-bond acceptors (Lipinski definition) is 1. The Morgan fingerprint density at radius 1 is 1.50 bits per heavy atom. The minimum atomic E-state index is -0.111. The van der Waals surface area contributed by atoms with Crippen molar-refractivity contribution in [3.05, 3.63) is 35.4 Å². The van der Waals surface area contributed by atoms with Gasteiger partial charge in [-0.2, -0.15) is 0 Å². The largest absolute Gasteiger partial charge is 0.317 e. The highest BCUT2D eigenvalue weighted by Gasteiger charge is 2.29. The summed E-state index contributed by atoms with van der Waals surface area (Å²) in [6.07, 6.45) is 6.31. The summed E-state index contributed by atoms with van der Waals surface area (Å²) in [4.78, 5) is 0. The van der Waals surface area contributed by atoms with E-state index in [1.165, 1.54) is 11.1 Å². The van der Waals surface area contributed by atoms with Gasteiger partial charge >= 0.3 is 0 Å². The van der Waals surface area contributed by atoms with Crippen LogP contribution in [0.3, 0.4) is 0 Å². The zero-order valence-corrected chi connectivity index (χ0v) is 6.83. The van der Waals surface area contributed by atoms with Crippen molar-refractivity contribution >= 4 is 0 Å². The normalized spacial score (nSPS) is 21.8. The molecule has 1 aromatic rings. The van der Waals surface area contributed by atoms with E-state index in [0.717, 1.165) is 6.42 Å². The van der Waals surface area contributed by atoms with Gasteiger partial charge in [0.05, 0.1) is 6.04 Å². The fourth-order valence-electron chi connectivity index (χ4n) is 1.73. The third-order valence-corrected chi connectivity index (χ3v) is 2.52. The quantitative estimate of drug-likeness (QED) is 0.611. The lowest BCUT2D eigenvalue weighted by Gasteiger charge is -2.32. The molecule has 2 N–H and O–H groups in total. The Kier molecular flexibility index (Phi) is 1.64. The molecule has 0 amide bonds. The number of terminal acetylenes is 1. The van der Waals surface area contributed by atoms with E-state index in [1.54, 1.807) is 0 Å². The zero-order chi connectivity index (χ0) is 8.55. The molecule has 0 heterocycles. The van der Waals surface area contributed by atoms with Crippen molar-refractivity contribution in [1.29, 1.82) is 0 Å². The number of fused-ring (bicyclic) bond motifs is 1. The van der Waals surface area contributed by atoms with Crippen LogP contribution in [-0.2, 0) is 6.42 Å². The average molecular weight is 157 g/mol. The lowest BCUT2D eigenvalue weighted by molar-refractivity contribution is 0.558. The summed E-state index contributed by atoms with van der Waals surface area (Å²) in [6.45, 7) is 0. The van der Waals surface area contributed by atoms with Gasteiger partial charge in [0, 0.05) is 5.92 Å². The first-order chi connectivity index (χ1) is 5.83. The monoisotopic (exact) mass is 157 g/mol. The van der Waals surface area contributed by atoms with Crippen LogP contribution in [0.4, 0.5) is 0 Å².